The standard InChI is InChI=1S/C19H19N3OS/c23-18-16-10-3-4-11-17(16)21-19(22(18)15-8-1-2-9-15)24-13-14-7-5-6-12-20-14/h3-7,10-12,15H,1-2,8-9,13H2. The average Bonchev–Trinajstić information content (AvgIpc) is 3.15. The van der Waals surface area contributed by atoms with Gasteiger partial charge in [0.25, 0.3) is 5.56 Å². The van der Waals surface area contributed by atoms with Gasteiger partial charge in [-0.3, -0.25) is 14.3 Å². The summed E-state index contributed by atoms with van der Waals surface area (Å²) in [6.07, 6.45) is 6.31. The number of fused-ring (bicyclic) bond motifs is 1. The first-order valence-corrected chi connectivity index (χ1v) is 9.35. The van der Waals surface area contributed by atoms with Gasteiger partial charge in [0.2, 0.25) is 0 Å². The first-order chi connectivity index (χ1) is 11.8. The summed E-state index contributed by atoms with van der Waals surface area (Å²) in [6, 6.07) is 13.8. The van der Waals surface area contributed by atoms with Crippen LogP contribution in [0.4, 0.5) is 0 Å². The molecule has 2 aromatic heterocycles. The molecule has 4 nitrogen and oxygen atoms in total. The highest BCUT2D eigenvalue weighted by molar-refractivity contribution is 7.98. The zero-order valence-electron chi connectivity index (χ0n) is 13.4. The van der Waals surface area contributed by atoms with E-state index in [0.29, 0.717) is 5.39 Å². The van der Waals surface area contributed by atoms with E-state index in [1.165, 1.54) is 12.8 Å². The topological polar surface area (TPSA) is 47.8 Å². The zero-order valence-corrected chi connectivity index (χ0v) is 14.2. The van der Waals surface area contributed by atoms with Gasteiger partial charge < -0.3 is 0 Å². The van der Waals surface area contributed by atoms with Gasteiger partial charge in [-0.2, -0.15) is 0 Å². The molecule has 0 atom stereocenters. The van der Waals surface area contributed by atoms with E-state index < -0.39 is 0 Å². The van der Waals surface area contributed by atoms with Gasteiger partial charge in [0.05, 0.1) is 16.6 Å². The summed E-state index contributed by atoms with van der Waals surface area (Å²) < 4.78 is 1.93. The lowest BCUT2D eigenvalue weighted by Crippen LogP contribution is -2.26. The Morgan fingerprint density at radius 1 is 1.08 bits per heavy atom. The van der Waals surface area contributed by atoms with E-state index in [1.807, 2.05) is 47.0 Å². The molecule has 0 spiro atoms. The molecule has 0 amide bonds. The van der Waals surface area contributed by atoms with Crippen molar-refractivity contribution in [3.8, 4) is 0 Å². The van der Waals surface area contributed by atoms with Crippen LogP contribution in [0.1, 0.15) is 37.4 Å². The van der Waals surface area contributed by atoms with Gasteiger partial charge in [0.15, 0.2) is 5.16 Å². The number of para-hydroxylation sites is 1. The van der Waals surface area contributed by atoms with Crippen LogP contribution in [0.2, 0.25) is 0 Å². The minimum atomic E-state index is 0.0935. The Morgan fingerprint density at radius 3 is 2.67 bits per heavy atom. The molecule has 3 aromatic rings. The van der Waals surface area contributed by atoms with E-state index in [2.05, 4.69) is 4.98 Å². The third-order valence-electron chi connectivity index (χ3n) is 4.54. The van der Waals surface area contributed by atoms with Gasteiger partial charge in [-0.05, 0) is 37.1 Å². The number of nitrogens with zero attached hydrogens (tertiary/aromatic N) is 3. The van der Waals surface area contributed by atoms with Crippen LogP contribution in [0.15, 0.2) is 58.6 Å². The van der Waals surface area contributed by atoms with Gasteiger partial charge in [-0.25, -0.2) is 4.98 Å². The summed E-state index contributed by atoms with van der Waals surface area (Å²) in [5.74, 6) is 0.721. The molecular weight excluding hydrogens is 318 g/mol. The number of thioether (sulfide) groups is 1. The monoisotopic (exact) mass is 337 g/mol. The maximum atomic E-state index is 13.0. The van der Waals surface area contributed by atoms with Crippen molar-refractivity contribution in [1.82, 2.24) is 14.5 Å². The summed E-state index contributed by atoms with van der Waals surface area (Å²) in [5.41, 5.74) is 1.87. The predicted molar refractivity (Wildman–Crippen MR) is 97.3 cm³/mol. The summed E-state index contributed by atoms with van der Waals surface area (Å²) in [6.45, 7) is 0. The second-order valence-corrected chi connectivity index (χ2v) is 7.08. The molecule has 1 fully saturated rings. The molecule has 0 saturated heterocycles. The quantitative estimate of drug-likeness (QED) is 0.529. The van der Waals surface area contributed by atoms with Crippen molar-refractivity contribution in [3.63, 3.8) is 0 Å². The fourth-order valence-electron chi connectivity index (χ4n) is 3.33. The van der Waals surface area contributed by atoms with Gasteiger partial charge in [0.1, 0.15) is 0 Å². The summed E-state index contributed by atoms with van der Waals surface area (Å²) >= 11 is 1.61. The number of pyridine rings is 1. The van der Waals surface area contributed by atoms with Crippen molar-refractivity contribution in [3.05, 3.63) is 64.7 Å². The average molecular weight is 337 g/mol. The molecule has 0 radical (unpaired) electrons. The summed E-state index contributed by atoms with van der Waals surface area (Å²) in [5, 5.41) is 1.53. The van der Waals surface area contributed by atoms with E-state index in [-0.39, 0.29) is 11.6 Å². The highest BCUT2D eigenvalue weighted by atomic mass is 32.2. The van der Waals surface area contributed by atoms with Crippen LogP contribution in [0.25, 0.3) is 10.9 Å². The van der Waals surface area contributed by atoms with Crippen LogP contribution in [0.3, 0.4) is 0 Å². The third-order valence-corrected chi connectivity index (χ3v) is 5.53. The predicted octanol–water partition coefficient (Wildman–Crippen LogP) is 4.20. The Morgan fingerprint density at radius 2 is 1.88 bits per heavy atom. The molecular formula is C19H19N3OS. The number of hydrogen-bond donors (Lipinski definition) is 0. The fourth-order valence-corrected chi connectivity index (χ4v) is 4.32. The van der Waals surface area contributed by atoms with Gasteiger partial charge in [-0.1, -0.05) is 42.8 Å². The molecule has 0 unspecified atom stereocenters. The fraction of sp³-hybridized carbons (Fsp3) is 0.316. The number of benzene rings is 1. The number of rotatable bonds is 4. The maximum absolute atomic E-state index is 13.0. The Kier molecular flexibility index (Phi) is 4.34. The van der Waals surface area contributed by atoms with E-state index in [1.54, 1.807) is 18.0 Å². The van der Waals surface area contributed by atoms with E-state index in [0.717, 1.165) is 35.0 Å². The van der Waals surface area contributed by atoms with Crippen molar-refractivity contribution in [2.24, 2.45) is 0 Å². The molecule has 122 valence electrons. The number of hydrogen-bond acceptors (Lipinski definition) is 4. The summed E-state index contributed by atoms with van der Waals surface area (Å²) in [7, 11) is 0. The van der Waals surface area contributed by atoms with Crippen LogP contribution in [-0.4, -0.2) is 14.5 Å². The van der Waals surface area contributed by atoms with E-state index >= 15 is 0 Å². The van der Waals surface area contributed by atoms with E-state index in [4.69, 9.17) is 4.98 Å². The minimum absolute atomic E-state index is 0.0935. The minimum Gasteiger partial charge on any atom is -0.284 e. The molecule has 4 rings (SSSR count). The van der Waals surface area contributed by atoms with Crippen LogP contribution in [0.5, 0.6) is 0 Å². The van der Waals surface area contributed by atoms with Crippen LogP contribution >= 0.6 is 11.8 Å². The highest BCUT2D eigenvalue weighted by Gasteiger charge is 2.23. The smallest absolute Gasteiger partial charge is 0.262 e. The SMILES string of the molecule is O=c1c2ccccc2nc(SCc2ccccn2)n1C1CCCC1. The van der Waals surface area contributed by atoms with Crippen molar-refractivity contribution >= 4 is 22.7 Å². The van der Waals surface area contributed by atoms with Crippen LogP contribution in [-0.2, 0) is 5.75 Å². The van der Waals surface area contributed by atoms with Crippen molar-refractivity contribution in [1.29, 1.82) is 0 Å². The lowest BCUT2D eigenvalue weighted by molar-refractivity contribution is 0.457. The van der Waals surface area contributed by atoms with Gasteiger partial charge in [-0.15, -0.1) is 0 Å². The zero-order chi connectivity index (χ0) is 16.4. The highest BCUT2D eigenvalue weighted by Crippen LogP contribution is 2.32. The molecule has 1 aliphatic rings. The molecule has 5 heteroatoms. The molecule has 0 aliphatic heterocycles. The van der Waals surface area contributed by atoms with Crippen molar-refractivity contribution in [2.75, 3.05) is 0 Å². The Bertz CT molecular complexity index is 901. The van der Waals surface area contributed by atoms with Crippen molar-refractivity contribution < 1.29 is 0 Å². The van der Waals surface area contributed by atoms with Gasteiger partial charge >= 0.3 is 0 Å². The molecule has 0 bridgehead atoms. The van der Waals surface area contributed by atoms with Crippen LogP contribution in [0, 0.1) is 0 Å². The van der Waals surface area contributed by atoms with Crippen LogP contribution < -0.4 is 5.56 Å². The molecule has 1 aliphatic carbocycles. The number of aromatic nitrogens is 3. The molecule has 24 heavy (non-hydrogen) atoms. The lowest BCUT2D eigenvalue weighted by Gasteiger charge is -2.18. The Labute approximate surface area is 145 Å². The second kappa shape index (κ2) is 6.77. The molecule has 2 heterocycles. The molecule has 1 saturated carbocycles. The summed E-state index contributed by atoms with van der Waals surface area (Å²) in [4.78, 5) is 22.2. The first-order valence-electron chi connectivity index (χ1n) is 8.37. The largest absolute Gasteiger partial charge is 0.284 e. The Hall–Kier alpha value is -2.14. The second-order valence-electron chi connectivity index (χ2n) is 6.13. The third kappa shape index (κ3) is 2.96. The maximum Gasteiger partial charge on any atom is 0.262 e. The molecule has 0 N–H and O–H groups in total. The molecule has 1 aromatic carbocycles. The lowest BCUT2D eigenvalue weighted by atomic mass is 10.2. The van der Waals surface area contributed by atoms with Gasteiger partial charge in [0, 0.05) is 18.0 Å². The van der Waals surface area contributed by atoms with E-state index in [9.17, 15) is 4.79 Å². The Balaban J connectivity index is 1.77. The normalized spacial score (nSPS) is 15.2. The van der Waals surface area contributed by atoms with Crippen molar-refractivity contribution in [2.45, 2.75) is 42.6 Å². The first kappa shape index (κ1) is 15.4.